The second kappa shape index (κ2) is 13.1. The molecule has 0 saturated carbocycles. The first-order valence-electron chi connectivity index (χ1n) is 14.2. The summed E-state index contributed by atoms with van der Waals surface area (Å²) in [6.07, 6.45) is 1.44. The number of nitrogens with one attached hydrogen (secondary N) is 3. The predicted octanol–water partition coefficient (Wildman–Crippen LogP) is 2.23. The van der Waals surface area contributed by atoms with Crippen molar-refractivity contribution in [1.82, 2.24) is 25.8 Å². The van der Waals surface area contributed by atoms with Gasteiger partial charge in [0.2, 0.25) is 23.6 Å². The maximum absolute atomic E-state index is 14.0. The molecular formula is C31H41N5O4. The standard InChI is InChI=1S/C31H41N5O4/c1-20(2)17-27(37)35-18-24-15-16-26(36(24)31(40)25(19-35)33-29(38)21(3)32-4)30(39)34-28(22-11-7-5-8-12-22)23-13-9-6-10-14-23/h5-14,20-21,24-26,28,32H,15-19H2,1-4H3,(H,33,38)(H,34,39)/t21-,24+,25-,26-/m0/s1. The highest BCUT2D eigenvalue weighted by Gasteiger charge is 2.47. The van der Waals surface area contributed by atoms with E-state index in [0.29, 0.717) is 25.8 Å². The molecule has 214 valence electrons. The van der Waals surface area contributed by atoms with Crippen LogP contribution in [0.5, 0.6) is 0 Å². The van der Waals surface area contributed by atoms with Gasteiger partial charge in [-0.15, -0.1) is 0 Å². The van der Waals surface area contributed by atoms with Crippen molar-refractivity contribution in [2.45, 2.75) is 70.2 Å². The molecule has 9 nitrogen and oxygen atoms in total. The fourth-order valence-electron chi connectivity index (χ4n) is 5.57. The van der Waals surface area contributed by atoms with Gasteiger partial charge in [0.15, 0.2) is 0 Å². The summed E-state index contributed by atoms with van der Waals surface area (Å²) in [6, 6.07) is 16.7. The average Bonchev–Trinajstić information content (AvgIpc) is 3.32. The van der Waals surface area contributed by atoms with Crippen molar-refractivity contribution in [3.8, 4) is 0 Å². The number of fused-ring (bicyclic) bond motifs is 1. The molecule has 0 bridgehead atoms. The van der Waals surface area contributed by atoms with Crippen LogP contribution in [-0.2, 0) is 19.2 Å². The zero-order chi connectivity index (χ0) is 28.8. The van der Waals surface area contributed by atoms with E-state index < -0.39 is 18.1 Å². The van der Waals surface area contributed by atoms with Gasteiger partial charge in [0.05, 0.1) is 18.1 Å². The topological polar surface area (TPSA) is 111 Å². The molecule has 4 atom stereocenters. The van der Waals surface area contributed by atoms with Crippen LogP contribution in [0.2, 0.25) is 0 Å². The van der Waals surface area contributed by atoms with Crippen LogP contribution >= 0.6 is 0 Å². The molecule has 2 aromatic rings. The van der Waals surface area contributed by atoms with Crippen molar-refractivity contribution in [2.75, 3.05) is 20.1 Å². The Morgan fingerprint density at radius 1 is 0.900 bits per heavy atom. The van der Waals surface area contributed by atoms with E-state index in [9.17, 15) is 19.2 Å². The third-order valence-corrected chi connectivity index (χ3v) is 7.82. The van der Waals surface area contributed by atoms with E-state index >= 15 is 0 Å². The van der Waals surface area contributed by atoms with Gasteiger partial charge in [-0.3, -0.25) is 19.2 Å². The summed E-state index contributed by atoms with van der Waals surface area (Å²) in [7, 11) is 1.67. The van der Waals surface area contributed by atoms with Gasteiger partial charge in [-0.25, -0.2) is 0 Å². The summed E-state index contributed by atoms with van der Waals surface area (Å²) in [5, 5.41) is 8.93. The number of likely N-dealkylation sites (N-methyl/N-ethyl adjacent to an activating group) is 1. The minimum atomic E-state index is -0.933. The van der Waals surface area contributed by atoms with Crippen molar-refractivity contribution in [3.63, 3.8) is 0 Å². The van der Waals surface area contributed by atoms with Crippen LogP contribution in [-0.4, -0.2) is 77.7 Å². The van der Waals surface area contributed by atoms with E-state index in [1.165, 1.54) is 0 Å². The molecule has 4 amide bonds. The molecule has 0 radical (unpaired) electrons. The highest BCUT2D eigenvalue weighted by molar-refractivity contribution is 5.95. The lowest BCUT2D eigenvalue weighted by atomic mass is 9.98. The Hall–Kier alpha value is -3.72. The van der Waals surface area contributed by atoms with Gasteiger partial charge >= 0.3 is 0 Å². The normalized spacial score (nSPS) is 21.6. The Labute approximate surface area is 236 Å². The van der Waals surface area contributed by atoms with Crippen molar-refractivity contribution in [1.29, 1.82) is 0 Å². The Morgan fingerprint density at radius 2 is 1.50 bits per heavy atom. The van der Waals surface area contributed by atoms with Crippen LogP contribution in [0.4, 0.5) is 0 Å². The van der Waals surface area contributed by atoms with Crippen LogP contribution in [0.1, 0.15) is 57.2 Å². The molecule has 2 aliphatic rings. The number of hydrogen-bond acceptors (Lipinski definition) is 5. The summed E-state index contributed by atoms with van der Waals surface area (Å²) in [4.78, 5) is 57.1. The van der Waals surface area contributed by atoms with Crippen LogP contribution < -0.4 is 16.0 Å². The van der Waals surface area contributed by atoms with Gasteiger partial charge in [0.25, 0.3) is 0 Å². The van der Waals surface area contributed by atoms with Gasteiger partial charge in [0.1, 0.15) is 12.1 Å². The molecule has 2 saturated heterocycles. The van der Waals surface area contributed by atoms with E-state index in [1.54, 1.807) is 23.8 Å². The fraction of sp³-hybridized carbons (Fsp3) is 0.484. The molecule has 2 aromatic carbocycles. The molecule has 0 spiro atoms. The summed E-state index contributed by atoms with van der Waals surface area (Å²) in [5.74, 6) is -0.787. The summed E-state index contributed by atoms with van der Waals surface area (Å²) in [6.45, 7) is 6.10. The summed E-state index contributed by atoms with van der Waals surface area (Å²) < 4.78 is 0. The van der Waals surface area contributed by atoms with E-state index in [0.717, 1.165) is 11.1 Å². The van der Waals surface area contributed by atoms with E-state index in [-0.39, 0.29) is 48.2 Å². The second-order valence-electron chi connectivity index (χ2n) is 11.2. The predicted molar refractivity (Wildman–Crippen MR) is 153 cm³/mol. The largest absolute Gasteiger partial charge is 0.343 e. The molecule has 0 unspecified atom stereocenters. The zero-order valence-electron chi connectivity index (χ0n) is 23.8. The SMILES string of the molecule is CN[C@@H](C)C(=O)N[C@H]1CN(C(=O)CC(C)C)C[C@H]2CC[C@@H](C(=O)NC(c3ccccc3)c3ccccc3)N2C1=O. The van der Waals surface area contributed by atoms with Crippen LogP contribution in [0.3, 0.4) is 0 Å². The molecule has 3 N–H and O–H groups in total. The van der Waals surface area contributed by atoms with Gasteiger partial charge in [-0.2, -0.15) is 0 Å². The minimum Gasteiger partial charge on any atom is -0.343 e. The summed E-state index contributed by atoms with van der Waals surface area (Å²) in [5.41, 5.74) is 1.88. The highest BCUT2D eigenvalue weighted by Crippen LogP contribution is 2.30. The second-order valence-corrected chi connectivity index (χ2v) is 11.2. The molecule has 40 heavy (non-hydrogen) atoms. The minimum absolute atomic E-state index is 0.0494. The van der Waals surface area contributed by atoms with Crippen LogP contribution in [0, 0.1) is 5.92 Å². The number of amides is 4. The molecule has 0 aliphatic carbocycles. The number of carbonyl (C=O) groups is 4. The smallest absolute Gasteiger partial charge is 0.247 e. The van der Waals surface area contributed by atoms with Crippen molar-refractivity contribution >= 4 is 23.6 Å². The highest BCUT2D eigenvalue weighted by atomic mass is 16.2. The number of hydrogen-bond donors (Lipinski definition) is 3. The molecule has 4 rings (SSSR count). The van der Waals surface area contributed by atoms with E-state index in [2.05, 4.69) is 16.0 Å². The number of nitrogens with zero attached hydrogens (tertiary/aromatic N) is 2. The molecule has 2 fully saturated rings. The van der Waals surface area contributed by atoms with Crippen molar-refractivity contribution < 1.29 is 19.2 Å². The Balaban J connectivity index is 1.61. The lowest BCUT2D eigenvalue weighted by Gasteiger charge is -2.31. The maximum Gasteiger partial charge on any atom is 0.247 e. The van der Waals surface area contributed by atoms with Gasteiger partial charge in [0, 0.05) is 19.5 Å². The lowest BCUT2D eigenvalue weighted by molar-refractivity contribution is -0.142. The van der Waals surface area contributed by atoms with Crippen LogP contribution in [0.25, 0.3) is 0 Å². The molecule has 0 aromatic heterocycles. The first-order valence-corrected chi connectivity index (χ1v) is 14.2. The van der Waals surface area contributed by atoms with Gasteiger partial charge in [-0.05, 0) is 43.9 Å². The quantitative estimate of drug-likeness (QED) is 0.446. The first-order chi connectivity index (χ1) is 19.2. The Morgan fingerprint density at radius 3 is 2.05 bits per heavy atom. The van der Waals surface area contributed by atoms with Gasteiger partial charge < -0.3 is 25.8 Å². The van der Waals surface area contributed by atoms with Crippen molar-refractivity contribution in [2.24, 2.45) is 5.92 Å². The third kappa shape index (κ3) is 6.70. The van der Waals surface area contributed by atoms with E-state index in [4.69, 9.17) is 0 Å². The third-order valence-electron chi connectivity index (χ3n) is 7.82. The molecule has 2 heterocycles. The summed E-state index contributed by atoms with van der Waals surface area (Å²) >= 11 is 0. The molecular weight excluding hydrogens is 506 g/mol. The van der Waals surface area contributed by atoms with Crippen LogP contribution in [0.15, 0.2) is 60.7 Å². The zero-order valence-corrected chi connectivity index (χ0v) is 23.8. The maximum atomic E-state index is 14.0. The monoisotopic (exact) mass is 547 g/mol. The average molecular weight is 548 g/mol. The van der Waals surface area contributed by atoms with Gasteiger partial charge in [-0.1, -0.05) is 74.5 Å². The van der Waals surface area contributed by atoms with Crippen molar-refractivity contribution in [3.05, 3.63) is 71.8 Å². The fourth-order valence-corrected chi connectivity index (χ4v) is 5.57. The lowest BCUT2D eigenvalue weighted by Crippen LogP contribution is -2.57. The number of carbonyl (C=O) groups excluding carboxylic acids is 4. The number of benzene rings is 2. The Bertz CT molecular complexity index is 1150. The molecule has 9 heteroatoms. The van der Waals surface area contributed by atoms with E-state index in [1.807, 2.05) is 74.5 Å². The number of rotatable bonds is 9. The first kappa shape index (κ1) is 29.3. The Kier molecular flexibility index (Phi) is 9.58. The molecule has 2 aliphatic heterocycles.